The maximum atomic E-state index is 13.7. The molecule has 0 aliphatic heterocycles. The maximum absolute atomic E-state index is 13.7. The molecule has 1 N–H and O–H groups in total. The largest absolute Gasteiger partial charge is 0.357 e. The third kappa shape index (κ3) is 6.21. The predicted molar refractivity (Wildman–Crippen MR) is 138 cm³/mol. The number of halogens is 1. The molecular formula is C26H28ClN3O4S. The topological polar surface area (TPSA) is 86.8 Å². The van der Waals surface area contributed by atoms with Crippen LogP contribution < -0.4 is 9.62 Å². The Morgan fingerprint density at radius 3 is 2.14 bits per heavy atom. The number of nitrogens with zero attached hydrogens (tertiary/aromatic N) is 2. The van der Waals surface area contributed by atoms with Crippen molar-refractivity contribution in [2.75, 3.05) is 17.9 Å². The van der Waals surface area contributed by atoms with E-state index in [4.69, 9.17) is 11.6 Å². The number of hydrogen-bond acceptors (Lipinski definition) is 4. The zero-order valence-electron chi connectivity index (χ0n) is 19.8. The van der Waals surface area contributed by atoms with Crippen LogP contribution in [0.3, 0.4) is 0 Å². The van der Waals surface area contributed by atoms with Gasteiger partial charge in [-0.3, -0.25) is 13.9 Å². The quantitative estimate of drug-likeness (QED) is 0.468. The summed E-state index contributed by atoms with van der Waals surface area (Å²) in [5.74, 6) is -0.866. The summed E-state index contributed by atoms with van der Waals surface area (Å²) in [5.41, 5.74) is 2.11. The van der Waals surface area contributed by atoms with Crippen LogP contribution in [0.25, 0.3) is 0 Å². The Bertz CT molecular complexity index is 1280. The molecule has 0 radical (unpaired) electrons. The maximum Gasteiger partial charge on any atom is 0.264 e. The van der Waals surface area contributed by atoms with Crippen molar-refractivity contribution in [1.82, 2.24) is 10.2 Å². The minimum atomic E-state index is -4.09. The summed E-state index contributed by atoms with van der Waals surface area (Å²) in [6.45, 7) is 3.20. The molecule has 9 heteroatoms. The van der Waals surface area contributed by atoms with Crippen LogP contribution in [0.1, 0.15) is 18.1 Å². The zero-order valence-corrected chi connectivity index (χ0v) is 21.4. The van der Waals surface area contributed by atoms with E-state index < -0.39 is 28.5 Å². The van der Waals surface area contributed by atoms with Gasteiger partial charge in [-0.25, -0.2) is 8.42 Å². The first-order chi connectivity index (χ1) is 16.6. The molecule has 3 rings (SSSR count). The third-order valence-electron chi connectivity index (χ3n) is 5.74. The Balaban J connectivity index is 2.02. The van der Waals surface area contributed by atoms with E-state index >= 15 is 0 Å². The number of rotatable bonds is 9. The van der Waals surface area contributed by atoms with Gasteiger partial charge in [-0.05, 0) is 61.4 Å². The number of benzene rings is 3. The predicted octanol–water partition coefficient (Wildman–Crippen LogP) is 4.01. The van der Waals surface area contributed by atoms with Crippen molar-refractivity contribution in [3.63, 3.8) is 0 Å². The Kier molecular flexibility index (Phi) is 8.53. The van der Waals surface area contributed by atoms with E-state index in [1.807, 2.05) is 31.2 Å². The first kappa shape index (κ1) is 26.2. The molecule has 0 saturated carbocycles. The second kappa shape index (κ2) is 11.4. The molecule has 0 spiro atoms. The summed E-state index contributed by atoms with van der Waals surface area (Å²) in [4.78, 5) is 27.6. The number of sulfonamides is 1. The molecule has 0 saturated heterocycles. The Morgan fingerprint density at radius 1 is 0.943 bits per heavy atom. The highest BCUT2D eigenvalue weighted by atomic mass is 35.5. The summed E-state index contributed by atoms with van der Waals surface area (Å²) in [6, 6.07) is 20.8. The smallest absolute Gasteiger partial charge is 0.264 e. The first-order valence-corrected chi connectivity index (χ1v) is 12.9. The molecule has 3 aromatic carbocycles. The van der Waals surface area contributed by atoms with Crippen molar-refractivity contribution in [2.45, 2.75) is 31.3 Å². The molecule has 3 aromatic rings. The zero-order chi connectivity index (χ0) is 25.6. The van der Waals surface area contributed by atoms with Crippen LogP contribution in [0.4, 0.5) is 5.69 Å². The molecular weight excluding hydrogens is 486 g/mol. The highest BCUT2D eigenvalue weighted by Crippen LogP contribution is 2.26. The van der Waals surface area contributed by atoms with Gasteiger partial charge in [0.15, 0.2) is 0 Å². The fourth-order valence-corrected chi connectivity index (χ4v) is 5.18. The number of likely N-dealkylation sites (N-methyl/N-ethyl adjacent to an activating group) is 1. The standard InChI is InChI=1S/C26H28ClN3O4S/c1-19-9-7-8-10-21(19)17-29(20(2)26(32)28-3)25(31)18-30(23-15-13-22(27)14-16-23)35(33,34)24-11-5-4-6-12-24/h4-16,20H,17-18H2,1-3H3,(H,28,32)/t20-/m1/s1. The van der Waals surface area contributed by atoms with Crippen LogP contribution in [0, 0.1) is 6.92 Å². The highest BCUT2D eigenvalue weighted by Gasteiger charge is 2.32. The molecule has 35 heavy (non-hydrogen) atoms. The van der Waals surface area contributed by atoms with Crippen molar-refractivity contribution in [2.24, 2.45) is 0 Å². The summed E-state index contributed by atoms with van der Waals surface area (Å²) in [7, 11) is -2.59. The SMILES string of the molecule is CNC(=O)[C@@H](C)N(Cc1ccccc1C)C(=O)CN(c1ccc(Cl)cc1)S(=O)(=O)c1ccccc1. The molecule has 0 aliphatic rings. The summed E-state index contributed by atoms with van der Waals surface area (Å²) in [5, 5.41) is 3.01. The molecule has 0 aromatic heterocycles. The van der Waals surface area contributed by atoms with Crippen LogP contribution in [0.15, 0.2) is 83.8 Å². The van der Waals surface area contributed by atoms with E-state index in [-0.39, 0.29) is 23.0 Å². The highest BCUT2D eigenvalue weighted by molar-refractivity contribution is 7.92. The lowest BCUT2D eigenvalue weighted by Crippen LogP contribution is -2.50. The van der Waals surface area contributed by atoms with E-state index in [1.165, 1.54) is 24.1 Å². The van der Waals surface area contributed by atoms with Crippen molar-refractivity contribution in [3.05, 3.63) is 95.0 Å². The van der Waals surface area contributed by atoms with Gasteiger partial charge in [-0.1, -0.05) is 54.1 Å². The molecule has 7 nitrogen and oxygen atoms in total. The second-order valence-electron chi connectivity index (χ2n) is 8.04. The Morgan fingerprint density at radius 2 is 1.54 bits per heavy atom. The van der Waals surface area contributed by atoms with E-state index in [0.717, 1.165) is 15.4 Å². The van der Waals surface area contributed by atoms with E-state index in [2.05, 4.69) is 5.32 Å². The van der Waals surface area contributed by atoms with Crippen LogP contribution >= 0.6 is 11.6 Å². The fourth-order valence-electron chi connectivity index (χ4n) is 3.62. The van der Waals surface area contributed by atoms with Crippen LogP contribution in [-0.4, -0.2) is 44.8 Å². The van der Waals surface area contributed by atoms with Gasteiger partial charge in [0.05, 0.1) is 10.6 Å². The monoisotopic (exact) mass is 513 g/mol. The summed E-state index contributed by atoms with van der Waals surface area (Å²) in [6.07, 6.45) is 0. The number of carbonyl (C=O) groups excluding carboxylic acids is 2. The van der Waals surface area contributed by atoms with Crippen molar-refractivity contribution < 1.29 is 18.0 Å². The van der Waals surface area contributed by atoms with Gasteiger partial charge < -0.3 is 10.2 Å². The van der Waals surface area contributed by atoms with Crippen LogP contribution in [0.2, 0.25) is 5.02 Å². The fraction of sp³-hybridized carbons (Fsp3) is 0.231. The van der Waals surface area contributed by atoms with Crippen LogP contribution in [-0.2, 0) is 26.2 Å². The molecule has 1 atom stereocenters. The molecule has 2 amide bonds. The molecule has 0 unspecified atom stereocenters. The lowest BCUT2D eigenvalue weighted by molar-refractivity contribution is -0.139. The number of hydrogen-bond donors (Lipinski definition) is 1. The molecule has 0 heterocycles. The summed E-state index contributed by atoms with van der Waals surface area (Å²) < 4.78 is 28.2. The first-order valence-electron chi connectivity index (χ1n) is 11.0. The number of amides is 2. The van der Waals surface area contributed by atoms with Crippen LogP contribution in [0.5, 0.6) is 0 Å². The van der Waals surface area contributed by atoms with E-state index in [9.17, 15) is 18.0 Å². The van der Waals surface area contributed by atoms with Gasteiger partial charge >= 0.3 is 0 Å². The average Bonchev–Trinajstić information content (AvgIpc) is 2.86. The van der Waals surface area contributed by atoms with Gasteiger partial charge in [0.25, 0.3) is 10.0 Å². The summed E-state index contributed by atoms with van der Waals surface area (Å²) >= 11 is 6.01. The van der Waals surface area contributed by atoms with E-state index in [1.54, 1.807) is 49.4 Å². The number of carbonyl (C=O) groups is 2. The number of anilines is 1. The van der Waals surface area contributed by atoms with Crippen molar-refractivity contribution >= 4 is 39.1 Å². The van der Waals surface area contributed by atoms with E-state index in [0.29, 0.717) is 5.02 Å². The van der Waals surface area contributed by atoms with Gasteiger partial charge in [0, 0.05) is 18.6 Å². The normalized spacial score (nSPS) is 12.0. The number of nitrogens with one attached hydrogen (secondary N) is 1. The third-order valence-corrected chi connectivity index (χ3v) is 7.78. The molecule has 184 valence electrons. The minimum Gasteiger partial charge on any atom is -0.357 e. The average molecular weight is 514 g/mol. The molecule has 0 aliphatic carbocycles. The molecule has 0 fully saturated rings. The minimum absolute atomic E-state index is 0.0487. The van der Waals surface area contributed by atoms with Gasteiger partial charge in [0.2, 0.25) is 11.8 Å². The van der Waals surface area contributed by atoms with Gasteiger partial charge in [0.1, 0.15) is 12.6 Å². The number of aryl methyl sites for hydroxylation is 1. The second-order valence-corrected chi connectivity index (χ2v) is 10.3. The van der Waals surface area contributed by atoms with Gasteiger partial charge in [-0.15, -0.1) is 0 Å². The lowest BCUT2D eigenvalue weighted by Gasteiger charge is -2.32. The van der Waals surface area contributed by atoms with Crippen molar-refractivity contribution in [3.8, 4) is 0 Å². The Hall–Kier alpha value is -3.36. The lowest BCUT2D eigenvalue weighted by atomic mass is 10.1. The van der Waals surface area contributed by atoms with Crippen molar-refractivity contribution in [1.29, 1.82) is 0 Å². The van der Waals surface area contributed by atoms with Gasteiger partial charge in [-0.2, -0.15) is 0 Å². The molecule has 0 bridgehead atoms. The Labute approximate surface area is 211 Å².